The topological polar surface area (TPSA) is 52.2 Å². The second kappa shape index (κ2) is 6.54. The Morgan fingerprint density at radius 3 is 2.38 bits per heavy atom. The molecule has 2 aliphatic rings. The molecule has 2 saturated heterocycles. The molecule has 1 amide bonds. The molecule has 2 fully saturated rings. The van der Waals surface area contributed by atoms with Gasteiger partial charge in [-0.2, -0.15) is 5.10 Å². The second-order valence-corrected chi connectivity index (χ2v) is 8.61. The van der Waals surface area contributed by atoms with E-state index < -0.39 is 0 Å². The Bertz CT molecular complexity index is 740. The number of H-pyrrole nitrogens is 1. The number of nitrogens with one attached hydrogen (secondary N) is 1. The van der Waals surface area contributed by atoms with E-state index in [0.29, 0.717) is 6.42 Å². The van der Waals surface area contributed by atoms with E-state index >= 15 is 0 Å². The molecule has 1 N–H and O–H groups in total. The first-order valence-electron chi connectivity index (χ1n) is 9.49. The van der Waals surface area contributed by atoms with Crippen LogP contribution in [0.3, 0.4) is 0 Å². The van der Waals surface area contributed by atoms with Gasteiger partial charge in [-0.15, -0.1) is 0 Å². The number of benzene rings is 1. The number of carbonyl (C=O) groups excluding carboxylic acids is 1. The van der Waals surface area contributed by atoms with Gasteiger partial charge in [0.05, 0.1) is 6.20 Å². The summed E-state index contributed by atoms with van der Waals surface area (Å²) in [6.45, 7) is 9.59. The number of rotatable bonds is 5. The van der Waals surface area contributed by atoms with Crippen LogP contribution in [0.1, 0.15) is 31.4 Å². The quantitative estimate of drug-likeness (QED) is 0.900. The molecule has 2 aliphatic heterocycles. The zero-order valence-corrected chi connectivity index (χ0v) is 15.7. The molecule has 0 radical (unpaired) electrons. The fraction of sp³-hybridized carbons (Fsp3) is 0.524. The lowest BCUT2D eigenvalue weighted by Crippen LogP contribution is -2.35. The van der Waals surface area contributed by atoms with Gasteiger partial charge in [-0.25, -0.2) is 0 Å². The number of aryl methyl sites for hydroxylation is 1. The first-order valence-corrected chi connectivity index (χ1v) is 9.49. The summed E-state index contributed by atoms with van der Waals surface area (Å²) in [5.41, 5.74) is 2.82. The zero-order valence-electron chi connectivity index (χ0n) is 15.7. The molecule has 2 unspecified atom stereocenters. The highest BCUT2D eigenvalue weighted by molar-refractivity contribution is 5.77. The van der Waals surface area contributed by atoms with Crippen LogP contribution in [0.15, 0.2) is 42.7 Å². The van der Waals surface area contributed by atoms with Crippen LogP contribution in [-0.4, -0.2) is 52.1 Å². The van der Waals surface area contributed by atoms with Crippen LogP contribution < -0.4 is 0 Å². The largest absolute Gasteiger partial charge is 0.341 e. The number of aromatic nitrogens is 2. The molecule has 0 spiro atoms. The van der Waals surface area contributed by atoms with Crippen molar-refractivity contribution in [1.82, 2.24) is 20.0 Å². The van der Waals surface area contributed by atoms with Gasteiger partial charge >= 0.3 is 0 Å². The minimum Gasteiger partial charge on any atom is -0.341 e. The van der Waals surface area contributed by atoms with E-state index in [0.717, 1.165) is 44.7 Å². The molecular formula is C21H28N4O. The first-order chi connectivity index (χ1) is 12.5. The summed E-state index contributed by atoms with van der Waals surface area (Å²) in [7, 11) is 0. The van der Waals surface area contributed by atoms with Crippen LogP contribution in [-0.2, 0) is 17.8 Å². The second-order valence-electron chi connectivity index (χ2n) is 8.61. The predicted molar refractivity (Wildman–Crippen MR) is 101 cm³/mol. The standard InChI is InChI=1S/C21H28N4O/c1-20-13-24(12-17-6-4-3-5-7-17)14-21(20,2)16-25(15-20)19(26)9-8-18-10-22-23-11-18/h3-7,10-11H,8-9,12-16H2,1-2H3,(H,22,23). The molecule has 1 aromatic heterocycles. The zero-order chi connectivity index (χ0) is 18.2. The molecule has 3 heterocycles. The van der Waals surface area contributed by atoms with E-state index in [1.54, 1.807) is 6.20 Å². The SMILES string of the molecule is CC12CN(Cc3ccccc3)CC1(C)CN(C(=O)CCc1cn[nH]c1)C2. The third kappa shape index (κ3) is 3.16. The summed E-state index contributed by atoms with van der Waals surface area (Å²) in [6, 6.07) is 10.7. The number of carbonyl (C=O) groups is 1. The Balaban J connectivity index is 1.37. The average molecular weight is 352 g/mol. The fourth-order valence-corrected chi connectivity index (χ4v) is 4.76. The first kappa shape index (κ1) is 17.3. The Labute approximate surface area is 155 Å². The summed E-state index contributed by atoms with van der Waals surface area (Å²) < 4.78 is 0. The van der Waals surface area contributed by atoms with Gasteiger partial charge in [-0.05, 0) is 17.5 Å². The molecule has 1 aromatic carbocycles. The molecule has 2 atom stereocenters. The fourth-order valence-electron chi connectivity index (χ4n) is 4.76. The Morgan fingerprint density at radius 1 is 1.08 bits per heavy atom. The maximum absolute atomic E-state index is 12.7. The predicted octanol–water partition coefficient (Wildman–Crippen LogP) is 2.71. The average Bonchev–Trinajstić information content (AvgIpc) is 3.26. The normalized spacial score (nSPS) is 28.5. The van der Waals surface area contributed by atoms with Crippen LogP contribution in [0.25, 0.3) is 0 Å². The summed E-state index contributed by atoms with van der Waals surface area (Å²) in [6.07, 6.45) is 5.00. The van der Waals surface area contributed by atoms with E-state index in [1.807, 2.05) is 6.20 Å². The number of hydrogen-bond donors (Lipinski definition) is 1. The number of aromatic amines is 1. The molecule has 0 saturated carbocycles. The molecule has 4 rings (SSSR count). The molecule has 5 heteroatoms. The smallest absolute Gasteiger partial charge is 0.222 e. The van der Waals surface area contributed by atoms with Gasteiger partial charge in [-0.3, -0.25) is 14.8 Å². The lowest BCUT2D eigenvalue weighted by Gasteiger charge is -2.30. The molecule has 138 valence electrons. The van der Waals surface area contributed by atoms with E-state index in [2.05, 4.69) is 64.2 Å². The summed E-state index contributed by atoms with van der Waals surface area (Å²) in [5.74, 6) is 0.276. The number of amides is 1. The highest BCUT2D eigenvalue weighted by atomic mass is 16.2. The van der Waals surface area contributed by atoms with Crippen LogP contribution in [0.5, 0.6) is 0 Å². The van der Waals surface area contributed by atoms with Crippen molar-refractivity contribution in [2.45, 2.75) is 33.2 Å². The van der Waals surface area contributed by atoms with Gasteiger partial charge in [0, 0.05) is 56.2 Å². The molecule has 2 aromatic rings. The molecule has 0 bridgehead atoms. The summed E-state index contributed by atoms with van der Waals surface area (Å²) in [5, 5.41) is 6.77. The van der Waals surface area contributed by atoms with Gasteiger partial charge in [-0.1, -0.05) is 44.2 Å². The van der Waals surface area contributed by atoms with Crippen molar-refractivity contribution >= 4 is 5.91 Å². The van der Waals surface area contributed by atoms with E-state index in [1.165, 1.54) is 5.56 Å². The van der Waals surface area contributed by atoms with Gasteiger partial charge in [0.1, 0.15) is 0 Å². The molecular weight excluding hydrogens is 324 g/mol. The van der Waals surface area contributed by atoms with Gasteiger partial charge in [0.25, 0.3) is 0 Å². The molecule has 0 aliphatic carbocycles. The van der Waals surface area contributed by atoms with Gasteiger partial charge in [0.15, 0.2) is 0 Å². The van der Waals surface area contributed by atoms with Crippen molar-refractivity contribution in [2.75, 3.05) is 26.2 Å². The van der Waals surface area contributed by atoms with Crippen molar-refractivity contribution in [3.05, 3.63) is 53.9 Å². The Hall–Kier alpha value is -2.14. The maximum Gasteiger partial charge on any atom is 0.222 e. The van der Waals surface area contributed by atoms with Gasteiger partial charge < -0.3 is 4.90 Å². The van der Waals surface area contributed by atoms with Crippen molar-refractivity contribution in [3.8, 4) is 0 Å². The van der Waals surface area contributed by atoms with Crippen molar-refractivity contribution in [1.29, 1.82) is 0 Å². The van der Waals surface area contributed by atoms with Crippen LogP contribution in [0, 0.1) is 10.8 Å². The number of likely N-dealkylation sites (tertiary alicyclic amines) is 2. The summed E-state index contributed by atoms with van der Waals surface area (Å²) >= 11 is 0. The highest BCUT2D eigenvalue weighted by Crippen LogP contribution is 2.51. The van der Waals surface area contributed by atoms with Gasteiger partial charge in [0.2, 0.25) is 5.91 Å². The minimum absolute atomic E-state index is 0.174. The van der Waals surface area contributed by atoms with E-state index in [4.69, 9.17) is 0 Å². The van der Waals surface area contributed by atoms with E-state index in [-0.39, 0.29) is 16.7 Å². The third-order valence-electron chi connectivity index (χ3n) is 6.47. The van der Waals surface area contributed by atoms with Crippen molar-refractivity contribution in [3.63, 3.8) is 0 Å². The minimum atomic E-state index is 0.174. The number of nitrogens with zero attached hydrogens (tertiary/aromatic N) is 3. The number of hydrogen-bond acceptors (Lipinski definition) is 3. The maximum atomic E-state index is 12.7. The Morgan fingerprint density at radius 2 is 1.77 bits per heavy atom. The Kier molecular flexibility index (Phi) is 4.35. The highest BCUT2D eigenvalue weighted by Gasteiger charge is 2.58. The molecule has 5 nitrogen and oxygen atoms in total. The van der Waals surface area contributed by atoms with Crippen molar-refractivity contribution in [2.24, 2.45) is 10.8 Å². The monoisotopic (exact) mass is 352 g/mol. The van der Waals surface area contributed by atoms with Crippen LogP contribution in [0.2, 0.25) is 0 Å². The third-order valence-corrected chi connectivity index (χ3v) is 6.47. The summed E-state index contributed by atoms with van der Waals surface area (Å²) in [4.78, 5) is 17.4. The molecule has 26 heavy (non-hydrogen) atoms. The van der Waals surface area contributed by atoms with E-state index in [9.17, 15) is 4.79 Å². The van der Waals surface area contributed by atoms with Crippen LogP contribution >= 0.6 is 0 Å². The number of fused-ring (bicyclic) bond motifs is 1. The lowest BCUT2D eigenvalue weighted by molar-refractivity contribution is -0.130. The van der Waals surface area contributed by atoms with Crippen molar-refractivity contribution < 1.29 is 4.79 Å². The lowest BCUT2D eigenvalue weighted by atomic mass is 9.71. The van der Waals surface area contributed by atoms with Crippen LogP contribution in [0.4, 0.5) is 0 Å².